The first-order chi connectivity index (χ1) is 10.2. The Bertz CT molecular complexity index is 569. The van der Waals surface area contributed by atoms with E-state index in [1.165, 1.54) is 16.8 Å². The van der Waals surface area contributed by atoms with E-state index in [0.29, 0.717) is 6.54 Å². The molecule has 2 aromatic carbocycles. The Morgan fingerprint density at radius 3 is 2.62 bits per heavy atom. The molecule has 0 aromatic heterocycles. The van der Waals surface area contributed by atoms with E-state index in [9.17, 15) is 0 Å². The van der Waals surface area contributed by atoms with Gasteiger partial charge in [0.15, 0.2) is 0 Å². The highest BCUT2D eigenvalue weighted by molar-refractivity contribution is 5.51. The number of methoxy groups -OCH3 is 1. The maximum Gasteiger partial charge on any atom is 0.120 e. The Morgan fingerprint density at radius 2 is 1.90 bits per heavy atom. The van der Waals surface area contributed by atoms with Crippen molar-refractivity contribution in [3.8, 4) is 5.75 Å². The van der Waals surface area contributed by atoms with Gasteiger partial charge in [0, 0.05) is 24.8 Å². The second-order valence-electron chi connectivity index (χ2n) is 5.19. The highest BCUT2D eigenvalue weighted by Gasteiger charge is 2.09. The fourth-order valence-electron chi connectivity index (χ4n) is 2.38. The van der Waals surface area contributed by atoms with Gasteiger partial charge in [0.05, 0.1) is 7.11 Å². The molecule has 2 N–H and O–H groups in total. The summed E-state index contributed by atoms with van der Waals surface area (Å²) in [5.74, 6) is 0.884. The Kier molecular flexibility index (Phi) is 5.64. The average Bonchev–Trinajstić information content (AvgIpc) is 2.53. The summed E-state index contributed by atoms with van der Waals surface area (Å²) in [7, 11) is 1.70. The van der Waals surface area contributed by atoms with Crippen molar-refractivity contribution in [2.75, 3.05) is 25.1 Å². The number of anilines is 1. The summed E-state index contributed by atoms with van der Waals surface area (Å²) < 4.78 is 5.33. The van der Waals surface area contributed by atoms with E-state index in [1.807, 2.05) is 12.1 Å². The van der Waals surface area contributed by atoms with Gasteiger partial charge >= 0.3 is 0 Å². The quantitative estimate of drug-likeness (QED) is 0.847. The van der Waals surface area contributed by atoms with Crippen LogP contribution in [0.2, 0.25) is 0 Å². The summed E-state index contributed by atoms with van der Waals surface area (Å²) in [4.78, 5) is 2.36. The van der Waals surface area contributed by atoms with E-state index in [4.69, 9.17) is 10.5 Å². The highest BCUT2D eigenvalue weighted by atomic mass is 16.5. The van der Waals surface area contributed by atoms with Gasteiger partial charge in [0.2, 0.25) is 0 Å². The largest absolute Gasteiger partial charge is 0.497 e. The molecule has 0 spiro atoms. The Hall–Kier alpha value is -2.00. The lowest BCUT2D eigenvalue weighted by Crippen LogP contribution is -2.26. The molecule has 3 heteroatoms. The maximum atomic E-state index is 5.68. The second kappa shape index (κ2) is 7.70. The molecule has 112 valence electrons. The molecule has 0 fully saturated rings. The normalized spacial score (nSPS) is 10.4. The van der Waals surface area contributed by atoms with Crippen molar-refractivity contribution >= 4 is 5.69 Å². The molecular weight excluding hydrogens is 260 g/mol. The number of benzene rings is 2. The van der Waals surface area contributed by atoms with Crippen LogP contribution in [0.25, 0.3) is 0 Å². The topological polar surface area (TPSA) is 38.5 Å². The first-order valence-electron chi connectivity index (χ1n) is 7.38. The third-order valence-electron chi connectivity index (χ3n) is 3.67. The van der Waals surface area contributed by atoms with E-state index in [-0.39, 0.29) is 0 Å². The first-order valence-corrected chi connectivity index (χ1v) is 7.38. The molecule has 0 aliphatic heterocycles. The monoisotopic (exact) mass is 284 g/mol. The zero-order valence-corrected chi connectivity index (χ0v) is 12.9. The molecule has 0 radical (unpaired) electrons. The van der Waals surface area contributed by atoms with Crippen LogP contribution in [0.5, 0.6) is 5.75 Å². The van der Waals surface area contributed by atoms with Crippen LogP contribution in [0.1, 0.15) is 17.5 Å². The van der Waals surface area contributed by atoms with Crippen molar-refractivity contribution < 1.29 is 4.74 Å². The molecule has 2 rings (SSSR count). The van der Waals surface area contributed by atoms with E-state index in [2.05, 4.69) is 48.2 Å². The zero-order chi connectivity index (χ0) is 15.1. The van der Waals surface area contributed by atoms with Crippen LogP contribution in [0.4, 0.5) is 5.69 Å². The van der Waals surface area contributed by atoms with Crippen molar-refractivity contribution in [3.05, 3.63) is 59.7 Å². The lowest BCUT2D eigenvalue weighted by atomic mass is 10.1. The van der Waals surface area contributed by atoms with Crippen molar-refractivity contribution in [2.45, 2.75) is 19.9 Å². The fraction of sp³-hybridized carbons (Fsp3) is 0.333. The lowest BCUT2D eigenvalue weighted by Gasteiger charge is -2.26. The Labute approximate surface area is 127 Å². The smallest absolute Gasteiger partial charge is 0.120 e. The van der Waals surface area contributed by atoms with E-state index >= 15 is 0 Å². The van der Waals surface area contributed by atoms with E-state index in [0.717, 1.165) is 25.3 Å². The van der Waals surface area contributed by atoms with Gasteiger partial charge in [-0.15, -0.1) is 0 Å². The van der Waals surface area contributed by atoms with Crippen molar-refractivity contribution in [3.63, 3.8) is 0 Å². The summed E-state index contributed by atoms with van der Waals surface area (Å²) in [6, 6.07) is 16.7. The van der Waals surface area contributed by atoms with Crippen molar-refractivity contribution in [2.24, 2.45) is 5.73 Å². The van der Waals surface area contributed by atoms with Crippen LogP contribution in [-0.4, -0.2) is 20.2 Å². The summed E-state index contributed by atoms with van der Waals surface area (Å²) in [6.07, 6.45) is 0.975. The number of hydrogen-bond acceptors (Lipinski definition) is 3. The molecule has 21 heavy (non-hydrogen) atoms. The van der Waals surface area contributed by atoms with Gasteiger partial charge in [0.1, 0.15) is 5.75 Å². The minimum Gasteiger partial charge on any atom is -0.497 e. The molecule has 3 nitrogen and oxygen atoms in total. The Morgan fingerprint density at radius 1 is 1.10 bits per heavy atom. The first kappa shape index (κ1) is 15.4. The fourth-order valence-corrected chi connectivity index (χ4v) is 2.38. The maximum absolute atomic E-state index is 5.68. The van der Waals surface area contributed by atoms with Crippen LogP contribution in [-0.2, 0) is 6.54 Å². The number of rotatable bonds is 7. The zero-order valence-electron chi connectivity index (χ0n) is 12.9. The number of hydrogen-bond donors (Lipinski definition) is 1. The molecule has 2 aromatic rings. The number of ether oxygens (including phenoxy) is 1. The van der Waals surface area contributed by atoms with Gasteiger partial charge < -0.3 is 15.4 Å². The van der Waals surface area contributed by atoms with Gasteiger partial charge in [-0.2, -0.15) is 0 Å². The predicted octanol–water partition coefficient (Wildman–Crippen LogP) is 3.36. The molecule has 0 bridgehead atoms. The number of nitrogens with two attached hydrogens (primary N) is 1. The minimum atomic E-state index is 0.703. The predicted molar refractivity (Wildman–Crippen MR) is 88.9 cm³/mol. The molecule has 0 saturated carbocycles. The number of nitrogens with zero attached hydrogens (tertiary/aromatic N) is 1. The average molecular weight is 284 g/mol. The summed E-state index contributed by atoms with van der Waals surface area (Å²) in [5.41, 5.74) is 9.52. The van der Waals surface area contributed by atoms with Crippen LogP contribution in [0.15, 0.2) is 48.5 Å². The van der Waals surface area contributed by atoms with Gasteiger partial charge in [-0.3, -0.25) is 0 Å². The third-order valence-corrected chi connectivity index (χ3v) is 3.67. The highest BCUT2D eigenvalue weighted by Crippen LogP contribution is 2.23. The van der Waals surface area contributed by atoms with Crippen LogP contribution in [0, 0.1) is 6.92 Å². The standard InChI is InChI=1S/C18H24N2O/c1-15-7-3-4-8-16(15)14-20(12-6-11-19)17-9-5-10-18(13-17)21-2/h3-5,7-10,13H,6,11-12,14,19H2,1-2H3. The molecule has 0 aliphatic carbocycles. The molecule has 0 amide bonds. The molecule has 0 heterocycles. The van der Waals surface area contributed by atoms with Gasteiger partial charge in [-0.05, 0) is 43.1 Å². The van der Waals surface area contributed by atoms with Crippen LogP contribution >= 0.6 is 0 Å². The molecule has 0 unspecified atom stereocenters. The van der Waals surface area contributed by atoms with Crippen LogP contribution in [0.3, 0.4) is 0 Å². The van der Waals surface area contributed by atoms with Gasteiger partial charge in [-0.1, -0.05) is 30.3 Å². The van der Waals surface area contributed by atoms with E-state index < -0.39 is 0 Å². The molecule has 0 saturated heterocycles. The molecule has 0 atom stereocenters. The summed E-state index contributed by atoms with van der Waals surface area (Å²) in [5, 5.41) is 0. The minimum absolute atomic E-state index is 0.703. The summed E-state index contributed by atoms with van der Waals surface area (Å²) in [6.45, 7) is 4.69. The van der Waals surface area contributed by atoms with Crippen molar-refractivity contribution in [1.82, 2.24) is 0 Å². The van der Waals surface area contributed by atoms with E-state index in [1.54, 1.807) is 7.11 Å². The van der Waals surface area contributed by atoms with Crippen LogP contribution < -0.4 is 15.4 Å². The third kappa shape index (κ3) is 4.23. The Balaban J connectivity index is 2.23. The number of aryl methyl sites for hydroxylation is 1. The second-order valence-corrected chi connectivity index (χ2v) is 5.19. The van der Waals surface area contributed by atoms with Crippen molar-refractivity contribution in [1.29, 1.82) is 0 Å². The lowest BCUT2D eigenvalue weighted by molar-refractivity contribution is 0.414. The molecular formula is C18H24N2O. The van der Waals surface area contributed by atoms with Gasteiger partial charge in [-0.25, -0.2) is 0 Å². The summed E-state index contributed by atoms with van der Waals surface area (Å²) >= 11 is 0. The van der Waals surface area contributed by atoms with Gasteiger partial charge in [0.25, 0.3) is 0 Å². The molecule has 0 aliphatic rings. The SMILES string of the molecule is COc1cccc(N(CCCN)Cc2ccccc2C)c1.